The van der Waals surface area contributed by atoms with Gasteiger partial charge in [-0.1, -0.05) is 37.3 Å². The maximum atomic E-state index is 13.8. The third-order valence-corrected chi connectivity index (χ3v) is 4.94. The predicted molar refractivity (Wildman–Crippen MR) is 90.6 cm³/mol. The molecule has 0 aliphatic rings. The van der Waals surface area contributed by atoms with Gasteiger partial charge in [0, 0.05) is 3.57 Å². The first kappa shape index (κ1) is 15.4. The van der Waals surface area contributed by atoms with Crippen LogP contribution < -0.4 is 5.32 Å². The van der Waals surface area contributed by atoms with E-state index in [4.69, 9.17) is 0 Å². The van der Waals surface area contributed by atoms with E-state index in [1.54, 1.807) is 13.0 Å². The molecule has 2 rings (SSSR count). The van der Waals surface area contributed by atoms with Crippen molar-refractivity contribution in [3.63, 3.8) is 0 Å². The average Bonchev–Trinajstić information content (AvgIpc) is 2.43. The Bertz CT molecular complexity index is 610. The Hall–Kier alpha value is -0.940. The molecule has 0 fully saturated rings. The molecule has 0 saturated carbocycles. The SMILES string of the molecule is CCNC(c1ccc(C)c(F)c1)c1cccc(C)c1I. The highest BCUT2D eigenvalue weighted by atomic mass is 127. The van der Waals surface area contributed by atoms with Crippen molar-refractivity contribution in [1.29, 1.82) is 0 Å². The molecule has 0 aromatic heterocycles. The Balaban J connectivity index is 2.50. The molecule has 0 spiro atoms. The second-order valence-electron chi connectivity index (χ2n) is 4.98. The van der Waals surface area contributed by atoms with E-state index in [1.165, 1.54) is 14.7 Å². The summed E-state index contributed by atoms with van der Waals surface area (Å²) in [5.41, 5.74) is 4.11. The zero-order chi connectivity index (χ0) is 14.7. The minimum absolute atomic E-state index is 0.0295. The lowest BCUT2D eigenvalue weighted by Gasteiger charge is -2.21. The third-order valence-electron chi connectivity index (χ3n) is 3.47. The topological polar surface area (TPSA) is 12.0 Å². The summed E-state index contributed by atoms with van der Waals surface area (Å²) in [4.78, 5) is 0. The van der Waals surface area contributed by atoms with E-state index in [0.717, 1.165) is 12.1 Å². The van der Waals surface area contributed by atoms with Gasteiger partial charge in [0.25, 0.3) is 0 Å². The maximum absolute atomic E-state index is 13.8. The van der Waals surface area contributed by atoms with Crippen LogP contribution in [0.4, 0.5) is 4.39 Å². The zero-order valence-corrected chi connectivity index (χ0v) is 14.2. The summed E-state index contributed by atoms with van der Waals surface area (Å²) in [5, 5.41) is 3.46. The Kier molecular flexibility index (Phi) is 5.16. The molecule has 106 valence electrons. The second-order valence-corrected chi connectivity index (χ2v) is 6.06. The summed E-state index contributed by atoms with van der Waals surface area (Å²) in [7, 11) is 0. The van der Waals surface area contributed by atoms with E-state index < -0.39 is 0 Å². The molecule has 20 heavy (non-hydrogen) atoms. The number of nitrogens with one attached hydrogen (secondary N) is 1. The molecule has 1 atom stereocenters. The number of halogens is 2. The van der Waals surface area contributed by atoms with E-state index in [1.807, 2.05) is 12.1 Å². The van der Waals surface area contributed by atoms with Crippen molar-refractivity contribution in [1.82, 2.24) is 5.32 Å². The molecule has 1 unspecified atom stereocenters. The van der Waals surface area contributed by atoms with Gasteiger partial charge >= 0.3 is 0 Å². The standard InChI is InChI=1S/C17H19FIN/c1-4-20-17(13-9-8-11(2)15(18)10-13)14-7-5-6-12(3)16(14)19/h5-10,17,20H,4H2,1-3H3. The molecule has 0 aliphatic heterocycles. The van der Waals surface area contributed by atoms with Gasteiger partial charge in [-0.25, -0.2) is 4.39 Å². The molecule has 0 bridgehead atoms. The van der Waals surface area contributed by atoms with Crippen LogP contribution in [0.3, 0.4) is 0 Å². The second kappa shape index (κ2) is 6.68. The van der Waals surface area contributed by atoms with E-state index in [2.05, 4.69) is 60.0 Å². The summed E-state index contributed by atoms with van der Waals surface area (Å²) >= 11 is 2.37. The van der Waals surface area contributed by atoms with Crippen molar-refractivity contribution in [2.75, 3.05) is 6.54 Å². The fourth-order valence-corrected chi connectivity index (χ4v) is 2.96. The molecule has 0 aliphatic carbocycles. The highest BCUT2D eigenvalue weighted by molar-refractivity contribution is 14.1. The third kappa shape index (κ3) is 3.20. The molecule has 0 amide bonds. The van der Waals surface area contributed by atoms with Crippen molar-refractivity contribution >= 4 is 22.6 Å². The first-order valence-electron chi connectivity index (χ1n) is 6.79. The van der Waals surface area contributed by atoms with E-state index in [0.29, 0.717) is 5.56 Å². The first-order valence-corrected chi connectivity index (χ1v) is 7.87. The minimum atomic E-state index is -0.145. The van der Waals surface area contributed by atoms with Crippen molar-refractivity contribution in [3.05, 3.63) is 68.0 Å². The van der Waals surface area contributed by atoms with Crippen molar-refractivity contribution in [2.45, 2.75) is 26.8 Å². The van der Waals surface area contributed by atoms with Gasteiger partial charge in [0.1, 0.15) is 5.82 Å². The highest BCUT2D eigenvalue weighted by Gasteiger charge is 2.17. The molecule has 2 aromatic carbocycles. The van der Waals surface area contributed by atoms with Crippen LogP contribution in [-0.4, -0.2) is 6.54 Å². The van der Waals surface area contributed by atoms with Crippen LogP contribution in [0, 0.1) is 23.2 Å². The summed E-state index contributed by atoms with van der Waals surface area (Å²) in [6, 6.07) is 11.8. The van der Waals surface area contributed by atoms with Crippen molar-refractivity contribution in [2.24, 2.45) is 0 Å². The van der Waals surface area contributed by atoms with Crippen LogP contribution in [0.15, 0.2) is 36.4 Å². The van der Waals surface area contributed by atoms with Gasteiger partial charge in [0.15, 0.2) is 0 Å². The van der Waals surface area contributed by atoms with E-state index >= 15 is 0 Å². The number of benzene rings is 2. The van der Waals surface area contributed by atoms with Gasteiger partial charge in [-0.3, -0.25) is 0 Å². The quantitative estimate of drug-likeness (QED) is 0.752. The van der Waals surface area contributed by atoms with Crippen molar-refractivity contribution in [3.8, 4) is 0 Å². The lowest BCUT2D eigenvalue weighted by atomic mass is 9.96. The van der Waals surface area contributed by atoms with E-state index in [9.17, 15) is 4.39 Å². The van der Waals surface area contributed by atoms with Crippen LogP contribution in [0.1, 0.15) is 35.2 Å². The van der Waals surface area contributed by atoms with Gasteiger partial charge in [0.2, 0.25) is 0 Å². The smallest absolute Gasteiger partial charge is 0.126 e. The Morgan fingerprint density at radius 1 is 1.15 bits per heavy atom. The lowest BCUT2D eigenvalue weighted by molar-refractivity contribution is 0.596. The van der Waals surface area contributed by atoms with Gasteiger partial charge in [-0.05, 0) is 71.3 Å². The lowest BCUT2D eigenvalue weighted by Crippen LogP contribution is -2.23. The first-order chi connectivity index (χ1) is 9.54. The molecule has 0 radical (unpaired) electrons. The molecule has 0 saturated heterocycles. The van der Waals surface area contributed by atoms with Crippen LogP contribution in [0.5, 0.6) is 0 Å². The summed E-state index contributed by atoms with van der Waals surface area (Å²) in [6.45, 7) is 6.80. The van der Waals surface area contributed by atoms with Crippen LogP contribution in [0.25, 0.3) is 0 Å². The molecule has 1 N–H and O–H groups in total. The fraction of sp³-hybridized carbons (Fsp3) is 0.294. The maximum Gasteiger partial charge on any atom is 0.126 e. The number of rotatable bonds is 4. The Morgan fingerprint density at radius 3 is 2.55 bits per heavy atom. The Morgan fingerprint density at radius 2 is 1.90 bits per heavy atom. The van der Waals surface area contributed by atoms with Gasteiger partial charge in [0.05, 0.1) is 6.04 Å². The van der Waals surface area contributed by atoms with Gasteiger partial charge in [-0.15, -0.1) is 0 Å². The van der Waals surface area contributed by atoms with E-state index in [-0.39, 0.29) is 11.9 Å². The minimum Gasteiger partial charge on any atom is -0.306 e. The molecule has 0 heterocycles. The van der Waals surface area contributed by atoms with Gasteiger partial charge < -0.3 is 5.32 Å². The normalized spacial score (nSPS) is 12.4. The largest absolute Gasteiger partial charge is 0.306 e. The number of aryl methyl sites for hydroxylation is 2. The van der Waals surface area contributed by atoms with Crippen LogP contribution in [-0.2, 0) is 0 Å². The molecule has 2 aromatic rings. The summed E-state index contributed by atoms with van der Waals surface area (Å²) in [5.74, 6) is -0.145. The van der Waals surface area contributed by atoms with Gasteiger partial charge in [-0.2, -0.15) is 0 Å². The monoisotopic (exact) mass is 383 g/mol. The average molecular weight is 383 g/mol. The number of hydrogen-bond donors (Lipinski definition) is 1. The molecular weight excluding hydrogens is 364 g/mol. The zero-order valence-electron chi connectivity index (χ0n) is 12.0. The van der Waals surface area contributed by atoms with Crippen molar-refractivity contribution < 1.29 is 4.39 Å². The molecule has 1 nitrogen and oxygen atoms in total. The summed E-state index contributed by atoms with van der Waals surface area (Å²) < 4.78 is 15.1. The van der Waals surface area contributed by atoms with Crippen LogP contribution in [0.2, 0.25) is 0 Å². The fourth-order valence-electron chi connectivity index (χ4n) is 2.29. The predicted octanol–water partition coefficient (Wildman–Crippen LogP) is 4.75. The Labute approximate surface area is 133 Å². The number of hydrogen-bond acceptors (Lipinski definition) is 1. The highest BCUT2D eigenvalue weighted by Crippen LogP contribution is 2.29. The molecule has 3 heteroatoms. The van der Waals surface area contributed by atoms with Crippen LogP contribution >= 0.6 is 22.6 Å². The summed E-state index contributed by atoms with van der Waals surface area (Å²) in [6.07, 6.45) is 0. The molecular formula is C17H19FIN.